The molecule has 20 heavy (non-hydrogen) atoms. The van der Waals surface area contributed by atoms with Crippen molar-refractivity contribution in [2.45, 2.75) is 6.54 Å². The number of halogens is 2. The van der Waals surface area contributed by atoms with Gasteiger partial charge in [0.1, 0.15) is 11.6 Å². The van der Waals surface area contributed by atoms with Gasteiger partial charge in [0.05, 0.1) is 18.2 Å². The first kappa shape index (κ1) is 12.4. The normalized spacial score (nSPS) is 10.7. The number of nitrogens with zero attached hydrogens (tertiary/aromatic N) is 2. The SMILES string of the molecule is N#Cc1ccc2ccn(Cc3ccc(F)cc3F)c2c1. The van der Waals surface area contributed by atoms with E-state index in [0.717, 1.165) is 17.0 Å². The molecule has 0 radical (unpaired) electrons. The number of aromatic nitrogens is 1. The maximum absolute atomic E-state index is 13.7. The van der Waals surface area contributed by atoms with E-state index in [0.29, 0.717) is 17.7 Å². The lowest BCUT2D eigenvalue weighted by Crippen LogP contribution is -2.01. The van der Waals surface area contributed by atoms with E-state index in [9.17, 15) is 8.78 Å². The van der Waals surface area contributed by atoms with E-state index in [1.807, 2.05) is 22.9 Å². The zero-order chi connectivity index (χ0) is 14.1. The van der Waals surface area contributed by atoms with Crippen LogP contribution in [0.5, 0.6) is 0 Å². The van der Waals surface area contributed by atoms with Crippen molar-refractivity contribution >= 4 is 10.9 Å². The van der Waals surface area contributed by atoms with E-state index >= 15 is 0 Å². The van der Waals surface area contributed by atoms with Gasteiger partial charge in [0.25, 0.3) is 0 Å². The zero-order valence-corrected chi connectivity index (χ0v) is 10.5. The first-order chi connectivity index (χ1) is 9.67. The molecule has 0 unspecified atom stereocenters. The van der Waals surface area contributed by atoms with Gasteiger partial charge in [-0.15, -0.1) is 0 Å². The Hall–Kier alpha value is -2.67. The molecule has 1 heterocycles. The lowest BCUT2D eigenvalue weighted by Gasteiger charge is -2.07. The van der Waals surface area contributed by atoms with Crippen molar-refractivity contribution in [3.63, 3.8) is 0 Å². The molecule has 0 aliphatic heterocycles. The van der Waals surface area contributed by atoms with Crippen molar-refractivity contribution in [1.29, 1.82) is 5.26 Å². The molecule has 2 aromatic carbocycles. The van der Waals surface area contributed by atoms with Crippen LogP contribution < -0.4 is 0 Å². The minimum atomic E-state index is -0.588. The molecule has 2 nitrogen and oxygen atoms in total. The Morgan fingerprint density at radius 3 is 2.65 bits per heavy atom. The molecule has 3 rings (SSSR count). The van der Waals surface area contributed by atoms with Gasteiger partial charge in [0.2, 0.25) is 0 Å². The molecule has 0 spiro atoms. The van der Waals surface area contributed by atoms with Gasteiger partial charge in [-0.2, -0.15) is 5.26 Å². The summed E-state index contributed by atoms with van der Waals surface area (Å²) in [4.78, 5) is 0. The number of hydrogen-bond donors (Lipinski definition) is 0. The van der Waals surface area contributed by atoms with Crippen LogP contribution in [0.3, 0.4) is 0 Å². The Labute approximate surface area is 114 Å². The van der Waals surface area contributed by atoms with Crippen molar-refractivity contribution in [2.75, 3.05) is 0 Å². The number of rotatable bonds is 2. The smallest absolute Gasteiger partial charge is 0.131 e. The average Bonchev–Trinajstić information content (AvgIpc) is 2.84. The van der Waals surface area contributed by atoms with Gasteiger partial charge in [0, 0.05) is 23.3 Å². The number of hydrogen-bond acceptors (Lipinski definition) is 1. The minimum Gasteiger partial charge on any atom is -0.343 e. The number of nitriles is 1. The zero-order valence-electron chi connectivity index (χ0n) is 10.5. The molecule has 0 fully saturated rings. The molecule has 0 atom stereocenters. The van der Waals surface area contributed by atoms with Crippen LogP contribution in [0.2, 0.25) is 0 Å². The monoisotopic (exact) mass is 268 g/mol. The van der Waals surface area contributed by atoms with Crippen LogP contribution in [-0.2, 0) is 6.54 Å². The summed E-state index contributed by atoms with van der Waals surface area (Å²) in [6, 6.07) is 12.9. The molecule has 3 aromatic rings. The highest BCUT2D eigenvalue weighted by Gasteiger charge is 2.07. The van der Waals surface area contributed by atoms with Crippen LogP contribution in [0.4, 0.5) is 8.78 Å². The summed E-state index contributed by atoms with van der Waals surface area (Å²) in [5.41, 5.74) is 1.82. The Kier molecular flexibility index (Phi) is 2.96. The predicted octanol–water partition coefficient (Wildman–Crippen LogP) is 3.84. The highest BCUT2D eigenvalue weighted by molar-refractivity contribution is 5.81. The molecular weight excluding hydrogens is 258 g/mol. The van der Waals surface area contributed by atoms with Crippen molar-refractivity contribution in [3.8, 4) is 6.07 Å². The van der Waals surface area contributed by atoms with Gasteiger partial charge in [-0.25, -0.2) is 8.78 Å². The topological polar surface area (TPSA) is 28.7 Å². The van der Waals surface area contributed by atoms with Crippen molar-refractivity contribution in [3.05, 3.63) is 71.4 Å². The quantitative estimate of drug-likeness (QED) is 0.694. The summed E-state index contributed by atoms with van der Waals surface area (Å²) < 4.78 is 28.4. The second-order valence-corrected chi connectivity index (χ2v) is 4.56. The van der Waals surface area contributed by atoms with Crippen LogP contribution in [0.1, 0.15) is 11.1 Å². The molecule has 98 valence electrons. The van der Waals surface area contributed by atoms with Crippen molar-refractivity contribution in [1.82, 2.24) is 4.57 Å². The van der Waals surface area contributed by atoms with Gasteiger partial charge < -0.3 is 4.57 Å². The molecular formula is C16H10F2N2. The largest absolute Gasteiger partial charge is 0.343 e. The predicted molar refractivity (Wildman–Crippen MR) is 72.1 cm³/mol. The van der Waals surface area contributed by atoms with Crippen LogP contribution in [-0.4, -0.2) is 4.57 Å². The molecule has 0 aliphatic rings. The van der Waals surface area contributed by atoms with Crippen LogP contribution in [0.25, 0.3) is 10.9 Å². The lowest BCUT2D eigenvalue weighted by atomic mass is 10.1. The van der Waals surface area contributed by atoms with Crippen molar-refractivity contribution < 1.29 is 8.78 Å². The summed E-state index contributed by atoms with van der Waals surface area (Å²) in [5, 5.41) is 9.91. The first-order valence-corrected chi connectivity index (χ1v) is 6.10. The first-order valence-electron chi connectivity index (χ1n) is 6.10. The van der Waals surface area contributed by atoms with E-state index in [4.69, 9.17) is 5.26 Å². The maximum atomic E-state index is 13.7. The second-order valence-electron chi connectivity index (χ2n) is 4.56. The van der Waals surface area contributed by atoms with Crippen LogP contribution >= 0.6 is 0 Å². The molecule has 0 amide bonds. The number of benzene rings is 2. The molecule has 4 heteroatoms. The fraction of sp³-hybridized carbons (Fsp3) is 0.0625. The molecule has 0 saturated carbocycles. The average molecular weight is 268 g/mol. The van der Waals surface area contributed by atoms with E-state index < -0.39 is 11.6 Å². The Balaban J connectivity index is 2.04. The van der Waals surface area contributed by atoms with Crippen LogP contribution in [0.15, 0.2) is 48.7 Å². The third kappa shape index (κ3) is 2.14. The minimum absolute atomic E-state index is 0.296. The summed E-state index contributed by atoms with van der Waals surface area (Å²) in [7, 11) is 0. The Morgan fingerprint density at radius 2 is 1.90 bits per heavy atom. The lowest BCUT2D eigenvalue weighted by molar-refractivity contribution is 0.567. The molecule has 0 aliphatic carbocycles. The summed E-state index contributed by atoms with van der Waals surface area (Å²) in [5.74, 6) is -1.15. The number of fused-ring (bicyclic) bond motifs is 1. The van der Waals surface area contributed by atoms with Gasteiger partial charge in [-0.05, 0) is 29.7 Å². The molecule has 0 N–H and O–H groups in total. The van der Waals surface area contributed by atoms with Gasteiger partial charge >= 0.3 is 0 Å². The third-order valence-electron chi connectivity index (χ3n) is 3.26. The highest BCUT2D eigenvalue weighted by atomic mass is 19.1. The molecule has 1 aromatic heterocycles. The van der Waals surface area contributed by atoms with E-state index in [1.54, 1.807) is 12.1 Å². The fourth-order valence-electron chi connectivity index (χ4n) is 2.22. The standard InChI is InChI=1S/C16H10F2N2/c17-14-4-3-13(15(18)8-14)10-20-6-5-12-2-1-11(9-19)7-16(12)20/h1-8H,10H2. The van der Waals surface area contributed by atoms with Crippen molar-refractivity contribution in [2.24, 2.45) is 0 Å². The third-order valence-corrected chi connectivity index (χ3v) is 3.26. The highest BCUT2D eigenvalue weighted by Crippen LogP contribution is 2.20. The Morgan fingerprint density at radius 1 is 1.05 bits per heavy atom. The fourth-order valence-corrected chi connectivity index (χ4v) is 2.22. The Bertz CT molecular complexity index is 828. The molecule has 0 saturated heterocycles. The second kappa shape index (κ2) is 4.78. The van der Waals surface area contributed by atoms with E-state index in [-0.39, 0.29) is 0 Å². The maximum Gasteiger partial charge on any atom is 0.131 e. The van der Waals surface area contributed by atoms with Gasteiger partial charge in [-0.1, -0.05) is 12.1 Å². The van der Waals surface area contributed by atoms with E-state index in [1.165, 1.54) is 12.1 Å². The van der Waals surface area contributed by atoms with Crippen LogP contribution in [0, 0.1) is 23.0 Å². The molecule has 0 bridgehead atoms. The van der Waals surface area contributed by atoms with Gasteiger partial charge in [-0.3, -0.25) is 0 Å². The summed E-state index contributed by atoms with van der Waals surface area (Å²) in [6.45, 7) is 0.296. The summed E-state index contributed by atoms with van der Waals surface area (Å²) in [6.07, 6.45) is 1.83. The van der Waals surface area contributed by atoms with E-state index in [2.05, 4.69) is 6.07 Å². The summed E-state index contributed by atoms with van der Waals surface area (Å²) >= 11 is 0. The van der Waals surface area contributed by atoms with Gasteiger partial charge in [0.15, 0.2) is 0 Å².